The molecule has 0 saturated carbocycles. The molecule has 0 aliphatic rings. The van der Waals surface area contributed by atoms with E-state index in [-0.39, 0.29) is 18.4 Å². The molecule has 2 amide bonds. The van der Waals surface area contributed by atoms with Gasteiger partial charge in [0.25, 0.3) is 5.91 Å². The van der Waals surface area contributed by atoms with Crippen LogP contribution in [0.3, 0.4) is 0 Å². The molecule has 7 nitrogen and oxygen atoms in total. The molecular weight excluding hydrogens is 394 g/mol. The lowest BCUT2D eigenvalue weighted by atomic mass is 10.1. The second-order valence-corrected chi connectivity index (χ2v) is 6.81. The van der Waals surface area contributed by atoms with E-state index in [0.717, 1.165) is 12.0 Å². The lowest BCUT2D eigenvalue weighted by Crippen LogP contribution is -2.27. The fourth-order valence-electron chi connectivity index (χ4n) is 2.57. The molecule has 0 aliphatic heterocycles. The van der Waals surface area contributed by atoms with E-state index in [0.29, 0.717) is 34.1 Å². The summed E-state index contributed by atoms with van der Waals surface area (Å²) < 4.78 is 4.70. The van der Waals surface area contributed by atoms with Crippen LogP contribution in [0.1, 0.15) is 39.6 Å². The summed E-state index contributed by atoms with van der Waals surface area (Å²) in [5, 5.41) is 8.95. The smallest absolute Gasteiger partial charge is 0.337 e. The quantitative estimate of drug-likeness (QED) is 0.570. The molecule has 0 heterocycles. The van der Waals surface area contributed by atoms with Crippen molar-refractivity contribution < 1.29 is 19.1 Å². The lowest BCUT2D eigenvalue weighted by Gasteiger charge is -2.14. The predicted octanol–water partition coefficient (Wildman–Crippen LogP) is 3.63. The number of anilines is 2. The van der Waals surface area contributed by atoms with Crippen molar-refractivity contribution in [3.05, 3.63) is 58.1 Å². The van der Waals surface area contributed by atoms with E-state index in [1.54, 1.807) is 36.4 Å². The minimum atomic E-state index is -0.486. The maximum atomic E-state index is 12.4. The van der Waals surface area contributed by atoms with Crippen molar-refractivity contribution in [3.8, 4) is 0 Å². The van der Waals surface area contributed by atoms with Gasteiger partial charge in [-0.25, -0.2) is 4.79 Å². The fourth-order valence-corrected chi connectivity index (χ4v) is 2.74. The van der Waals surface area contributed by atoms with Crippen LogP contribution < -0.4 is 16.0 Å². The largest absolute Gasteiger partial charge is 0.465 e. The third kappa shape index (κ3) is 6.22. The highest BCUT2D eigenvalue weighted by Gasteiger charge is 2.14. The first kappa shape index (κ1) is 22.2. The van der Waals surface area contributed by atoms with Crippen LogP contribution in [0.25, 0.3) is 0 Å². The fraction of sp³-hybridized carbons (Fsp3) is 0.286. The Labute approximate surface area is 174 Å². The number of esters is 1. The summed E-state index contributed by atoms with van der Waals surface area (Å²) in [5.41, 5.74) is 2.51. The topological polar surface area (TPSA) is 96.5 Å². The SMILES string of the molecule is CCCNC(=O)c1ccc(Cl)cc1NCC(=O)Nc1cc(C(=O)OC)ccc1C. The average Bonchev–Trinajstić information content (AvgIpc) is 2.71. The van der Waals surface area contributed by atoms with E-state index in [9.17, 15) is 14.4 Å². The summed E-state index contributed by atoms with van der Waals surface area (Å²) in [6, 6.07) is 9.73. The Kier molecular flexibility index (Phi) is 8.03. The Morgan fingerprint density at radius 1 is 1.07 bits per heavy atom. The number of aryl methyl sites for hydroxylation is 1. The maximum Gasteiger partial charge on any atom is 0.337 e. The lowest BCUT2D eigenvalue weighted by molar-refractivity contribution is -0.114. The molecule has 0 atom stereocenters. The second kappa shape index (κ2) is 10.5. The second-order valence-electron chi connectivity index (χ2n) is 6.37. The molecule has 0 spiro atoms. The van der Waals surface area contributed by atoms with Gasteiger partial charge in [0.05, 0.1) is 24.8 Å². The van der Waals surface area contributed by atoms with E-state index < -0.39 is 5.97 Å². The predicted molar refractivity (Wildman–Crippen MR) is 114 cm³/mol. The number of amides is 2. The van der Waals surface area contributed by atoms with E-state index in [4.69, 9.17) is 16.3 Å². The highest BCUT2D eigenvalue weighted by Crippen LogP contribution is 2.22. The summed E-state index contributed by atoms with van der Waals surface area (Å²) >= 11 is 6.04. The van der Waals surface area contributed by atoms with Crippen LogP contribution in [0.4, 0.5) is 11.4 Å². The zero-order valence-electron chi connectivity index (χ0n) is 16.6. The standard InChI is InChI=1S/C21H24ClN3O4/c1-4-9-23-20(27)16-8-7-15(22)11-18(16)24-12-19(26)25-17-10-14(21(28)29-3)6-5-13(17)2/h5-8,10-11,24H,4,9,12H2,1-3H3,(H,23,27)(H,25,26). The van der Waals surface area contributed by atoms with Crippen molar-refractivity contribution in [2.24, 2.45) is 0 Å². The Balaban J connectivity index is 2.09. The summed E-state index contributed by atoms with van der Waals surface area (Å²) in [7, 11) is 1.30. The molecule has 2 rings (SSSR count). The van der Waals surface area contributed by atoms with Crippen molar-refractivity contribution in [1.29, 1.82) is 0 Å². The minimum absolute atomic E-state index is 0.0870. The van der Waals surface area contributed by atoms with Crippen molar-refractivity contribution in [2.75, 3.05) is 30.8 Å². The summed E-state index contributed by atoms with van der Waals surface area (Å²) in [5.74, 6) is -1.07. The first-order valence-electron chi connectivity index (χ1n) is 9.16. The number of nitrogens with one attached hydrogen (secondary N) is 3. The maximum absolute atomic E-state index is 12.4. The molecule has 0 radical (unpaired) electrons. The number of hydrogen-bond acceptors (Lipinski definition) is 5. The molecule has 29 heavy (non-hydrogen) atoms. The molecule has 154 valence electrons. The Bertz CT molecular complexity index is 915. The van der Waals surface area contributed by atoms with E-state index in [2.05, 4.69) is 16.0 Å². The molecule has 0 saturated heterocycles. The number of rotatable bonds is 8. The Morgan fingerprint density at radius 3 is 2.52 bits per heavy atom. The molecule has 0 unspecified atom stereocenters. The van der Waals surface area contributed by atoms with Gasteiger partial charge in [0.1, 0.15) is 0 Å². The van der Waals surface area contributed by atoms with Gasteiger partial charge < -0.3 is 20.7 Å². The normalized spacial score (nSPS) is 10.2. The van der Waals surface area contributed by atoms with Crippen LogP contribution >= 0.6 is 11.6 Å². The van der Waals surface area contributed by atoms with E-state index >= 15 is 0 Å². The molecule has 0 aliphatic carbocycles. The van der Waals surface area contributed by atoms with Gasteiger partial charge in [-0.15, -0.1) is 0 Å². The molecule has 0 aromatic heterocycles. The summed E-state index contributed by atoms with van der Waals surface area (Å²) in [6.45, 7) is 4.24. The van der Waals surface area contributed by atoms with Crippen molar-refractivity contribution in [2.45, 2.75) is 20.3 Å². The molecule has 0 bridgehead atoms. The van der Waals surface area contributed by atoms with Crippen LogP contribution in [-0.2, 0) is 9.53 Å². The number of halogens is 1. The van der Waals surface area contributed by atoms with Crippen molar-refractivity contribution in [1.82, 2.24) is 5.32 Å². The van der Waals surface area contributed by atoms with Crippen LogP contribution in [0, 0.1) is 6.92 Å². The Morgan fingerprint density at radius 2 is 1.83 bits per heavy atom. The molecule has 2 aromatic carbocycles. The highest BCUT2D eigenvalue weighted by molar-refractivity contribution is 6.31. The molecule has 0 fully saturated rings. The van der Waals surface area contributed by atoms with Gasteiger partial charge in [-0.1, -0.05) is 24.6 Å². The van der Waals surface area contributed by atoms with Crippen LogP contribution in [0.15, 0.2) is 36.4 Å². The number of hydrogen-bond donors (Lipinski definition) is 3. The van der Waals surface area contributed by atoms with E-state index in [1.807, 2.05) is 13.8 Å². The molecular formula is C21H24ClN3O4. The highest BCUT2D eigenvalue weighted by atomic mass is 35.5. The summed E-state index contributed by atoms with van der Waals surface area (Å²) in [4.78, 5) is 36.4. The molecule has 8 heteroatoms. The van der Waals surface area contributed by atoms with Gasteiger partial charge in [0.2, 0.25) is 5.91 Å². The van der Waals surface area contributed by atoms with Gasteiger partial charge in [-0.3, -0.25) is 9.59 Å². The van der Waals surface area contributed by atoms with Gasteiger partial charge in [0.15, 0.2) is 0 Å². The monoisotopic (exact) mass is 417 g/mol. The zero-order valence-corrected chi connectivity index (χ0v) is 17.4. The third-order valence-electron chi connectivity index (χ3n) is 4.13. The van der Waals surface area contributed by atoms with Gasteiger partial charge >= 0.3 is 5.97 Å². The molecule has 2 aromatic rings. The first-order chi connectivity index (χ1) is 13.8. The number of benzene rings is 2. The van der Waals surface area contributed by atoms with Gasteiger partial charge in [-0.05, 0) is 49.2 Å². The van der Waals surface area contributed by atoms with Gasteiger partial charge in [-0.2, -0.15) is 0 Å². The average molecular weight is 418 g/mol. The van der Waals surface area contributed by atoms with Gasteiger partial charge in [0, 0.05) is 22.9 Å². The first-order valence-corrected chi connectivity index (χ1v) is 9.54. The number of methoxy groups -OCH3 is 1. The van der Waals surface area contributed by atoms with Crippen LogP contribution in [-0.4, -0.2) is 38.0 Å². The van der Waals surface area contributed by atoms with Crippen LogP contribution in [0.5, 0.6) is 0 Å². The number of ether oxygens (including phenoxy) is 1. The third-order valence-corrected chi connectivity index (χ3v) is 4.37. The van der Waals surface area contributed by atoms with Crippen LogP contribution in [0.2, 0.25) is 5.02 Å². The molecule has 3 N–H and O–H groups in total. The number of carbonyl (C=O) groups excluding carboxylic acids is 3. The summed E-state index contributed by atoms with van der Waals surface area (Å²) in [6.07, 6.45) is 0.814. The van der Waals surface area contributed by atoms with E-state index in [1.165, 1.54) is 7.11 Å². The number of carbonyl (C=O) groups is 3. The Hall–Kier alpha value is -3.06. The zero-order chi connectivity index (χ0) is 21.4. The minimum Gasteiger partial charge on any atom is -0.465 e. The van der Waals surface area contributed by atoms with Crippen molar-refractivity contribution >= 4 is 40.8 Å². The van der Waals surface area contributed by atoms with Crippen molar-refractivity contribution in [3.63, 3.8) is 0 Å².